The number of hydrogen-bond donors (Lipinski definition) is 1. The zero-order chi connectivity index (χ0) is 18.2. The first-order chi connectivity index (χ1) is 12.7. The van der Waals surface area contributed by atoms with Crippen LogP contribution in [-0.2, 0) is 10.5 Å². The summed E-state index contributed by atoms with van der Waals surface area (Å²) in [7, 11) is 0. The van der Waals surface area contributed by atoms with Crippen LogP contribution in [0.25, 0.3) is 6.08 Å². The molecule has 26 heavy (non-hydrogen) atoms. The molecule has 0 unspecified atom stereocenters. The van der Waals surface area contributed by atoms with Crippen molar-refractivity contribution in [1.82, 2.24) is 5.32 Å². The Kier molecular flexibility index (Phi) is 7.29. The first-order valence-corrected chi connectivity index (χ1v) is 10.8. The maximum absolute atomic E-state index is 11.9. The number of hydrogen-bond acceptors (Lipinski definition) is 5. The zero-order valence-corrected chi connectivity index (χ0v) is 16.6. The molecule has 1 N–H and O–H groups in total. The first kappa shape index (κ1) is 19.1. The number of amides is 1. The lowest BCUT2D eigenvalue weighted by molar-refractivity contribution is -0.116. The van der Waals surface area contributed by atoms with Crippen molar-refractivity contribution in [3.05, 3.63) is 51.2 Å². The number of ether oxygens (including phenoxy) is 2. The number of carbonyl (C=O) groups excluding carboxylic acids is 1. The van der Waals surface area contributed by atoms with Gasteiger partial charge in [-0.05, 0) is 35.2 Å². The lowest BCUT2D eigenvalue weighted by atomic mass is 10.2. The average Bonchev–Trinajstić information content (AvgIpc) is 3.03. The first-order valence-electron chi connectivity index (χ1n) is 8.37. The third-order valence-corrected chi connectivity index (χ3v) is 5.97. The summed E-state index contributed by atoms with van der Waals surface area (Å²) < 4.78 is 11.3. The lowest BCUT2D eigenvalue weighted by Crippen LogP contribution is -2.23. The maximum atomic E-state index is 11.9. The van der Waals surface area contributed by atoms with Gasteiger partial charge in [-0.15, -0.1) is 11.3 Å². The number of carbonyl (C=O) groups is 1. The molecule has 0 saturated heterocycles. The van der Waals surface area contributed by atoms with Gasteiger partial charge in [0.15, 0.2) is 11.5 Å². The molecule has 2 heterocycles. The van der Waals surface area contributed by atoms with Crippen molar-refractivity contribution >= 4 is 46.7 Å². The van der Waals surface area contributed by atoms with Gasteiger partial charge in [-0.3, -0.25) is 4.79 Å². The molecule has 0 aliphatic carbocycles. The van der Waals surface area contributed by atoms with E-state index in [4.69, 9.17) is 21.1 Å². The Morgan fingerprint density at radius 2 is 2.23 bits per heavy atom. The molecular weight excluding hydrogens is 390 g/mol. The molecule has 1 amide bonds. The molecule has 0 bridgehead atoms. The van der Waals surface area contributed by atoms with Crippen LogP contribution in [0.15, 0.2) is 35.7 Å². The maximum Gasteiger partial charge on any atom is 0.244 e. The second-order valence-electron chi connectivity index (χ2n) is 5.64. The van der Waals surface area contributed by atoms with Gasteiger partial charge in [0.2, 0.25) is 5.91 Å². The summed E-state index contributed by atoms with van der Waals surface area (Å²) in [6, 6.07) is 7.79. The van der Waals surface area contributed by atoms with E-state index >= 15 is 0 Å². The van der Waals surface area contributed by atoms with Gasteiger partial charge in [0, 0.05) is 35.4 Å². The Balaban J connectivity index is 1.45. The van der Waals surface area contributed by atoms with Gasteiger partial charge in [-0.1, -0.05) is 17.7 Å². The highest BCUT2D eigenvalue weighted by Gasteiger charge is 2.14. The van der Waals surface area contributed by atoms with Crippen molar-refractivity contribution in [1.29, 1.82) is 0 Å². The topological polar surface area (TPSA) is 47.6 Å². The minimum absolute atomic E-state index is 0.120. The minimum atomic E-state index is -0.120. The summed E-state index contributed by atoms with van der Waals surface area (Å²) in [6.07, 6.45) is 4.07. The van der Waals surface area contributed by atoms with Gasteiger partial charge in [0.25, 0.3) is 0 Å². The molecule has 4 nitrogen and oxygen atoms in total. The number of rotatable bonds is 7. The molecular formula is C19H20ClNO3S2. The van der Waals surface area contributed by atoms with Crippen LogP contribution in [0.5, 0.6) is 11.5 Å². The summed E-state index contributed by atoms with van der Waals surface area (Å²) in [5.41, 5.74) is 0.807. The fraction of sp³-hybridized carbons (Fsp3) is 0.316. The second-order valence-corrected chi connectivity index (χ2v) is 8.18. The highest BCUT2D eigenvalue weighted by Crippen LogP contribution is 2.38. The van der Waals surface area contributed by atoms with Crippen molar-refractivity contribution < 1.29 is 14.3 Å². The molecule has 1 aliphatic rings. The SMILES string of the molecule is O=C(/C=C/c1cc(Cl)c2c(c1)OCCCO2)NCCSCc1cccs1. The molecule has 138 valence electrons. The predicted octanol–water partition coefficient (Wildman–Crippen LogP) is 4.63. The van der Waals surface area contributed by atoms with E-state index in [1.165, 1.54) is 11.0 Å². The zero-order valence-electron chi connectivity index (χ0n) is 14.2. The molecule has 2 aromatic rings. The van der Waals surface area contributed by atoms with Crippen molar-refractivity contribution in [3.63, 3.8) is 0 Å². The normalized spacial score (nSPS) is 13.6. The Morgan fingerprint density at radius 3 is 3.08 bits per heavy atom. The third kappa shape index (κ3) is 5.69. The summed E-state index contributed by atoms with van der Waals surface area (Å²) in [5.74, 6) is 2.95. The van der Waals surface area contributed by atoms with Crippen LogP contribution in [0, 0.1) is 0 Å². The molecule has 0 spiro atoms. The molecule has 0 saturated carbocycles. The third-order valence-electron chi connectivity index (χ3n) is 3.62. The summed E-state index contributed by atoms with van der Waals surface area (Å²) in [6.45, 7) is 1.83. The van der Waals surface area contributed by atoms with Crippen molar-refractivity contribution in [2.45, 2.75) is 12.2 Å². The Hall–Kier alpha value is -1.63. The summed E-state index contributed by atoms with van der Waals surface area (Å²) in [5, 5.41) is 5.46. The molecule has 1 aromatic carbocycles. The Bertz CT molecular complexity index is 762. The van der Waals surface area contributed by atoms with Crippen LogP contribution in [0.2, 0.25) is 5.02 Å². The predicted molar refractivity (Wildman–Crippen MR) is 110 cm³/mol. The Labute approximate surface area is 166 Å². The van der Waals surface area contributed by atoms with E-state index in [0.29, 0.717) is 36.3 Å². The van der Waals surface area contributed by atoms with Gasteiger partial charge < -0.3 is 14.8 Å². The van der Waals surface area contributed by atoms with E-state index in [1.54, 1.807) is 23.5 Å². The average molecular weight is 410 g/mol. The van der Waals surface area contributed by atoms with E-state index < -0.39 is 0 Å². The van der Waals surface area contributed by atoms with E-state index in [-0.39, 0.29) is 5.91 Å². The van der Waals surface area contributed by atoms with Crippen LogP contribution >= 0.6 is 34.7 Å². The number of thioether (sulfide) groups is 1. The molecule has 0 fully saturated rings. The van der Waals surface area contributed by atoms with E-state index in [9.17, 15) is 4.79 Å². The number of thiophene rings is 1. The van der Waals surface area contributed by atoms with Gasteiger partial charge in [0.1, 0.15) is 0 Å². The molecule has 1 aromatic heterocycles. The molecule has 7 heteroatoms. The van der Waals surface area contributed by atoms with Crippen LogP contribution in [0.4, 0.5) is 0 Å². The summed E-state index contributed by atoms with van der Waals surface area (Å²) in [4.78, 5) is 13.3. The van der Waals surface area contributed by atoms with E-state index in [1.807, 2.05) is 17.8 Å². The molecule has 0 radical (unpaired) electrons. The summed E-state index contributed by atoms with van der Waals surface area (Å²) >= 11 is 9.82. The van der Waals surface area contributed by atoms with Crippen molar-refractivity contribution in [2.24, 2.45) is 0 Å². The smallest absolute Gasteiger partial charge is 0.244 e. The van der Waals surface area contributed by atoms with Crippen LogP contribution in [-0.4, -0.2) is 31.4 Å². The van der Waals surface area contributed by atoms with E-state index in [0.717, 1.165) is 23.5 Å². The number of fused-ring (bicyclic) bond motifs is 1. The quantitative estimate of drug-likeness (QED) is 0.535. The second kappa shape index (κ2) is 9.90. The Morgan fingerprint density at radius 1 is 1.35 bits per heavy atom. The van der Waals surface area contributed by atoms with Gasteiger partial charge in [-0.2, -0.15) is 11.8 Å². The largest absolute Gasteiger partial charge is 0.489 e. The fourth-order valence-electron chi connectivity index (χ4n) is 2.39. The lowest BCUT2D eigenvalue weighted by Gasteiger charge is -2.10. The minimum Gasteiger partial charge on any atom is -0.489 e. The monoisotopic (exact) mass is 409 g/mol. The molecule has 0 atom stereocenters. The standard InChI is InChI=1S/C19H20ClNO3S2/c20-16-11-14(12-17-19(16)24-8-2-7-23-17)4-5-18(22)21-6-10-25-13-15-3-1-9-26-15/h1,3-5,9,11-12H,2,6-8,10,13H2,(H,21,22)/b5-4+. The van der Waals surface area contributed by atoms with Crippen molar-refractivity contribution in [3.8, 4) is 11.5 Å². The fourth-order valence-corrected chi connectivity index (χ4v) is 4.36. The van der Waals surface area contributed by atoms with E-state index in [2.05, 4.69) is 22.8 Å². The van der Waals surface area contributed by atoms with Crippen LogP contribution in [0.1, 0.15) is 16.9 Å². The van der Waals surface area contributed by atoms with Gasteiger partial charge in [-0.25, -0.2) is 0 Å². The van der Waals surface area contributed by atoms with Crippen LogP contribution in [0.3, 0.4) is 0 Å². The van der Waals surface area contributed by atoms with Crippen LogP contribution < -0.4 is 14.8 Å². The number of benzene rings is 1. The highest BCUT2D eigenvalue weighted by molar-refractivity contribution is 7.98. The number of nitrogens with one attached hydrogen (secondary N) is 1. The number of halogens is 1. The van der Waals surface area contributed by atoms with Gasteiger partial charge in [0.05, 0.1) is 18.2 Å². The van der Waals surface area contributed by atoms with Gasteiger partial charge >= 0.3 is 0 Å². The molecule has 1 aliphatic heterocycles. The molecule has 3 rings (SSSR count). The highest BCUT2D eigenvalue weighted by atomic mass is 35.5. The van der Waals surface area contributed by atoms with Crippen molar-refractivity contribution in [2.75, 3.05) is 25.5 Å².